The van der Waals surface area contributed by atoms with Crippen molar-refractivity contribution >= 4 is 11.8 Å². The minimum absolute atomic E-state index is 0.382. The van der Waals surface area contributed by atoms with Gasteiger partial charge in [-0.1, -0.05) is 26.0 Å². The van der Waals surface area contributed by atoms with Gasteiger partial charge in [0.05, 0.1) is 7.11 Å². The molecule has 116 valence electrons. The molecule has 2 rings (SSSR count). The maximum Gasteiger partial charge on any atom is 0.417 e. The fourth-order valence-electron chi connectivity index (χ4n) is 2.00. The van der Waals surface area contributed by atoms with E-state index in [2.05, 4.69) is 19.2 Å². The second kappa shape index (κ2) is 6.98. The van der Waals surface area contributed by atoms with E-state index in [9.17, 15) is 4.79 Å². The van der Waals surface area contributed by atoms with Gasteiger partial charge in [-0.25, -0.2) is 4.79 Å². The Morgan fingerprint density at radius 3 is 2.36 bits per heavy atom. The molecule has 2 aromatic rings. The van der Waals surface area contributed by atoms with E-state index in [0.717, 1.165) is 16.9 Å². The molecule has 1 amide bonds. The Hall–Kier alpha value is -2.49. The van der Waals surface area contributed by atoms with Crippen LogP contribution in [0.1, 0.15) is 30.9 Å². The summed E-state index contributed by atoms with van der Waals surface area (Å²) in [5.41, 5.74) is 2.72. The summed E-state index contributed by atoms with van der Waals surface area (Å²) in [6.45, 7) is 6.12. The number of aryl methyl sites for hydroxylation is 1. The highest BCUT2D eigenvalue weighted by molar-refractivity contribution is 5.86. The zero-order chi connectivity index (χ0) is 16.1. The van der Waals surface area contributed by atoms with Crippen LogP contribution in [0.2, 0.25) is 0 Å². The molecule has 0 heterocycles. The molecule has 0 saturated heterocycles. The molecule has 1 N–H and O–H groups in total. The summed E-state index contributed by atoms with van der Waals surface area (Å²) < 4.78 is 10.5. The van der Waals surface area contributed by atoms with Gasteiger partial charge in [-0.15, -0.1) is 0 Å². The number of ether oxygens (including phenoxy) is 2. The van der Waals surface area contributed by atoms with Crippen LogP contribution in [0.5, 0.6) is 11.5 Å². The van der Waals surface area contributed by atoms with E-state index in [1.165, 1.54) is 0 Å². The molecule has 2 aromatic carbocycles. The lowest BCUT2D eigenvalue weighted by molar-refractivity contribution is 0.215. The summed E-state index contributed by atoms with van der Waals surface area (Å²) in [7, 11) is 1.60. The average Bonchev–Trinajstić information content (AvgIpc) is 2.50. The minimum atomic E-state index is -0.505. The monoisotopic (exact) mass is 299 g/mol. The molecule has 0 spiro atoms. The van der Waals surface area contributed by atoms with E-state index >= 15 is 0 Å². The molecule has 0 bridgehead atoms. The first-order chi connectivity index (χ1) is 10.5. The van der Waals surface area contributed by atoms with Crippen LogP contribution in [-0.4, -0.2) is 13.2 Å². The van der Waals surface area contributed by atoms with Gasteiger partial charge < -0.3 is 9.47 Å². The smallest absolute Gasteiger partial charge is 0.417 e. The molecule has 4 nitrogen and oxygen atoms in total. The minimum Gasteiger partial charge on any atom is -0.497 e. The lowest BCUT2D eigenvalue weighted by Crippen LogP contribution is -2.17. The van der Waals surface area contributed by atoms with Gasteiger partial charge in [-0.05, 0) is 54.3 Å². The van der Waals surface area contributed by atoms with Crippen LogP contribution in [0.4, 0.5) is 10.5 Å². The fraction of sp³-hybridized carbons (Fsp3) is 0.278. The number of carbonyl (C=O) groups is 1. The van der Waals surface area contributed by atoms with Crippen molar-refractivity contribution in [3.05, 3.63) is 53.6 Å². The Balaban J connectivity index is 2.06. The molecule has 0 radical (unpaired) electrons. The normalized spacial score (nSPS) is 10.4. The number of methoxy groups -OCH3 is 1. The van der Waals surface area contributed by atoms with Crippen molar-refractivity contribution < 1.29 is 14.3 Å². The Kier molecular flexibility index (Phi) is 5.04. The van der Waals surface area contributed by atoms with Crippen molar-refractivity contribution in [1.82, 2.24) is 0 Å². The second-order valence-corrected chi connectivity index (χ2v) is 5.42. The summed E-state index contributed by atoms with van der Waals surface area (Å²) in [6, 6.07) is 13.0. The third kappa shape index (κ3) is 4.01. The lowest BCUT2D eigenvalue weighted by Gasteiger charge is -2.12. The Labute approximate surface area is 131 Å². The van der Waals surface area contributed by atoms with Crippen LogP contribution >= 0.6 is 0 Å². The SMILES string of the molecule is COc1ccc(NC(=O)Oc2cc(C(C)C)ccc2C)cc1. The third-order valence-corrected chi connectivity index (χ3v) is 3.42. The van der Waals surface area contributed by atoms with Crippen LogP contribution in [0.25, 0.3) is 0 Å². The van der Waals surface area contributed by atoms with Crippen molar-refractivity contribution in [2.24, 2.45) is 0 Å². The van der Waals surface area contributed by atoms with Gasteiger partial charge in [0.15, 0.2) is 0 Å². The summed E-state index contributed by atoms with van der Waals surface area (Å²) in [4.78, 5) is 12.0. The van der Waals surface area contributed by atoms with Gasteiger partial charge in [0, 0.05) is 5.69 Å². The maximum atomic E-state index is 12.0. The van der Waals surface area contributed by atoms with E-state index in [0.29, 0.717) is 17.4 Å². The number of amides is 1. The van der Waals surface area contributed by atoms with Crippen LogP contribution in [0.3, 0.4) is 0 Å². The molecule has 0 aliphatic heterocycles. The highest BCUT2D eigenvalue weighted by Gasteiger charge is 2.10. The molecule has 0 aliphatic carbocycles. The van der Waals surface area contributed by atoms with Gasteiger partial charge in [0.25, 0.3) is 0 Å². The van der Waals surface area contributed by atoms with Gasteiger partial charge in [-0.2, -0.15) is 0 Å². The summed E-state index contributed by atoms with van der Waals surface area (Å²) in [6.07, 6.45) is -0.505. The van der Waals surface area contributed by atoms with Crippen LogP contribution in [0, 0.1) is 6.92 Å². The number of benzene rings is 2. The zero-order valence-corrected chi connectivity index (χ0v) is 13.3. The van der Waals surface area contributed by atoms with Crippen molar-refractivity contribution in [2.75, 3.05) is 12.4 Å². The average molecular weight is 299 g/mol. The van der Waals surface area contributed by atoms with Crippen LogP contribution in [0.15, 0.2) is 42.5 Å². The first-order valence-corrected chi connectivity index (χ1v) is 7.23. The molecular weight excluding hydrogens is 278 g/mol. The highest BCUT2D eigenvalue weighted by atomic mass is 16.6. The third-order valence-electron chi connectivity index (χ3n) is 3.42. The topological polar surface area (TPSA) is 47.6 Å². The van der Waals surface area contributed by atoms with E-state index in [4.69, 9.17) is 9.47 Å². The number of nitrogens with one attached hydrogen (secondary N) is 1. The Morgan fingerprint density at radius 2 is 1.77 bits per heavy atom. The zero-order valence-electron chi connectivity index (χ0n) is 13.3. The van der Waals surface area contributed by atoms with Crippen molar-refractivity contribution in [2.45, 2.75) is 26.7 Å². The fourth-order valence-corrected chi connectivity index (χ4v) is 2.00. The van der Waals surface area contributed by atoms with Gasteiger partial charge in [0.1, 0.15) is 11.5 Å². The number of carbonyl (C=O) groups excluding carboxylic acids is 1. The van der Waals surface area contributed by atoms with Crippen LogP contribution in [-0.2, 0) is 0 Å². The maximum absolute atomic E-state index is 12.0. The second-order valence-electron chi connectivity index (χ2n) is 5.42. The van der Waals surface area contributed by atoms with E-state index in [1.807, 2.05) is 25.1 Å². The molecule has 0 fully saturated rings. The summed E-state index contributed by atoms with van der Waals surface area (Å²) in [5.74, 6) is 1.70. The summed E-state index contributed by atoms with van der Waals surface area (Å²) in [5, 5.41) is 2.70. The molecule has 0 aromatic heterocycles. The lowest BCUT2D eigenvalue weighted by atomic mass is 10.0. The molecule has 0 saturated carbocycles. The van der Waals surface area contributed by atoms with Gasteiger partial charge >= 0.3 is 6.09 Å². The molecule has 0 aliphatic rings. The quantitative estimate of drug-likeness (QED) is 0.887. The van der Waals surface area contributed by atoms with Gasteiger partial charge in [-0.3, -0.25) is 5.32 Å². The Morgan fingerprint density at radius 1 is 1.09 bits per heavy atom. The van der Waals surface area contributed by atoms with Crippen molar-refractivity contribution in [1.29, 1.82) is 0 Å². The molecule has 22 heavy (non-hydrogen) atoms. The summed E-state index contributed by atoms with van der Waals surface area (Å²) >= 11 is 0. The number of anilines is 1. The first kappa shape index (κ1) is 15.9. The van der Waals surface area contributed by atoms with Gasteiger partial charge in [0.2, 0.25) is 0 Å². The van der Waals surface area contributed by atoms with E-state index < -0.39 is 6.09 Å². The number of rotatable bonds is 4. The predicted octanol–water partition coefficient (Wildman–Crippen LogP) is 4.74. The first-order valence-electron chi connectivity index (χ1n) is 7.23. The molecule has 4 heteroatoms. The van der Waals surface area contributed by atoms with Crippen molar-refractivity contribution in [3.63, 3.8) is 0 Å². The van der Waals surface area contributed by atoms with E-state index in [1.54, 1.807) is 31.4 Å². The number of hydrogen-bond donors (Lipinski definition) is 1. The molecular formula is C18H21NO3. The number of hydrogen-bond acceptors (Lipinski definition) is 3. The molecule has 0 atom stereocenters. The largest absolute Gasteiger partial charge is 0.497 e. The van der Waals surface area contributed by atoms with Crippen LogP contribution < -0.4 is 14.8 Å². The highest BCUT2D eigenvalue weighted by Crippen LogP contribution is 2.25. The predicted molar refractivity (Wildman–Crippen MR) is 87.9 cm³/mol. The Bertz CT molecular complexity index is 648. The standard InChI is InChI=1S/C18H21NO3/c1-12(2)14-6-5-13(3)17(11-14)22-18(20)19-15-7-9-16(21-4)10-8-15/h5-12H,1-4H3,(H,19,20). The van der Waals surface area contributed by atoms with E-state index in [-0.39, 0.29) is 0 Å². The van der Waals surface area contributed by atoms with Crippen molar-refractivity contribution in [3.8, 4) is 11.5 Å². The molecule has 0 unspecified atom stereocenters.